The molecule has 0 heterocycles. The van der Waals surface area contributed by atoms with Crippen LogP contribution in [0, 0.1) is 0 Å². The molecular weight excluding hydrogens is 210 g/mol. The third-order valence-electron chi connectivity index (χ3n) is 2.20. The maximum atomic E-state index is 11.4. The average Bonchev–Trinajstić information content (AvgIpc) is 2.26. The molecule has 0 fully saturated rings. The van der Waals surface area contributed by atoms with Gasteiger partial charge in [0.2, 0.25) is 11.8 Å². The number of hydrogen-bond acceptors (Lipinski definition) is 5. The fourth-order valence-electron chi connectivity index (χ4n) is 1.16. The van der Waals surface area contributed by atoms with Crippen molar-refractivity contribution in [1.29, 1.82) is 0 Å². The Morgan fingerprint density at radius 1 is 1.19 bits per heavy atom. The van der Waals surface area contributed by atoms with Crippen molar-refractivity contribution in [2.45, 2.75) is 31.3 Å². The van der Waals surface area contributed by atoms with Gasteiger partial charge < -0.3 is 28.3 Å². The summed E-state index contributed by atoms with van der Waals surface area (Å²) in [5, 5.41) is 2.47. The van der Waals surface area contributed by atoms with Crippen molar-refractivity contribution in [2.75, 3.05) is 13.1 Å². The second kappa shape index (κ2) is 8.03. The summed E-state index contributed by atoms with van der Waals surface area (Å²) < 4.78 is 0. The van der Waals surface area contributed by atoms with Crippen molar-refractivity contribution in [3.05, 3.63) is 0 Å². The lowest BCUT2D eigenvalue weighted by Gasteiger charge is -2.17. The van der Waals surface area contributed by atoms with Crippen LogP contribution >= 0.6 is 0 Å². The molecule has 0 unspecified atom stereocenters. The van der Waals surface area contributed by atoms with Crippen LogP contribution in [0.5, 0.6) is 0 Å². The molecule has 7 nitrogen and oxygen atoms in total. The van der Waals surface area contributed by atoms with Crippen LogP contribution in [0.3, 0.4) is 0 Å². The monoisotopic (exact) mass is 231 g/mol. The Kier molecular flexibility index (Phi) is 7.44. The second-order valence-corrected chi connectivity index (χ2v) is 3.59. The van der Waals surface area contributed by atoms with Gasteiger partial charge in [-0.2, -0.15) is 0 Å². The van der Waals surface area contributed by atoms with Crippen molar-refractivity contribution >= 4 is 11.8 Å². The first-order chi connectivity index (χ1) is 7.52. The fraction of sp³-hybridized carbons (Fsp3) is 0.778. The molecule has 0 aliphatic heterocycles. The highest BCUT2D eigenvalue weighted by molar-refractivity contribution is 5.88. The molecule has 0 aliphatic carbocycles. The van der Waals surface area contributed by atoms with Crippen molar-refractivity contribution in [1.82, 2.24) is 5.32 Å². The van der Waals surface area contributed by atoms with Gasteiger partial charge in [-0.05, 0) is 25.8 Å². The van der Waals surface area contributed by atoms with Crippen LogP contribution in [0.1, 0.15) is 19.3 Å². The first-order valence-electron chi connectivity index (χ1n) is 5.28. The van der Waals surface area contributed by atoms with Gasteiger partial charge >= 0.3 is 0 Å². The minimum absolute atomic E-state index is 0.0279. The van der Waals surface area contributed by atoms with Gasteiger partial charge in [-0.1, -0.05) is 0 Å². The summed E-state index contributed by atoms with van der Waals surface area (Å²) in [6.45, 7) is 0.571. The van der Waals surface area contributed by atoms with Crippen LogP contribution in [-0.2, 0) is 9.59 Å². The summed E-state index contributed by atoms with van der Waals surface area (Å²) in [6.07, 6.45) is 1.97. The quantitative estimate of drug-likeness (QED) is 0.289. The highest BCUT2D eigenvalue weighted by atomic mass is 16.2. The summed E-state index contributed by atoms with van der Waals surface area (Å²) in [5.74, 6) is -1.03. The Balaban J connectivity index is 4.12. The van der Waals surface area contributed by atoms with Crippen LogP contribution in [0.2, 0.25) is 0 Å². The predicted molar refractivity (Wildman–Crippen MR) is 61.1 cm³/mol. The zero-order valence-corrected chi connectivity index (χ0v) is 9.32. The van der Waals surface area contributed by atoms with Crippen LogP contribution in [0.4, 0.5) is 0 Å². The molecule has 0 aliphatic rings. The highest BCUT2D eigenvalue weighted by Crippen LogP contribution is 2.00. The van der Waals surface area contributed by atoms with E-state index in [0.717, 1.165) is 12.8 Å². The standard InChI is InChI=1S/C9H21N5O2/c10-4-2-1-3-7(8(13)15)14-9(16)6(12)5-11/h6-7H,1-5,10-12H2,(H2,13,15)(H,14,16)/t6-,7-/m0/s1. The molecule has 0 aromatic heterocycles. The normalized spacial score (nSPS) is 14.2. The van der Waals surface area contributed by atoms with E-state index in [1.165, 1.54) is 0 Å². The Labute approximate surface area is 94.9 Å². The van der Waals surface area contributed by atoms with Gasteiger partial charge in [0, 0.05) is 6.54 Å². The predicted octanol–water partition coefficient (Wildman–Crippen LogP) is -2.63. The molecule has 2 amide bonds. The molecule has 0 saturated heterocycles. The number of nitrogens with two attached hydrogens (primary N) is 4. The van der Waals surface area contributed by atoms with Crippen LogP contribution in [0.15, 0.2) is 0 Å². The Hall–Kier alpha value is -1.18. The summed E-state index contributed by atoms with van der Waals surface area (Å²) >= 11 is 0. The average molecular weight is 231 g/mol. The first kappa shape index (κ1) is 14.8. The maximum Gasteiger partial charge on any atom is 0.240 e. The molecule has 0 spiro atoms. The first-order valence-corrected chi connectivity index (χ1v) is 5.28. The minimum Gasteiger partial charge on any atom is -0.368 e. The van der Waals surface area contributed by atoms with E-state index < -0.39 is 23.9 Å². The molecule has 94 valence electrons. The summed E-state index contributed by atoms with van der Waals surface area (Å²) in [7, 11) is 0. The Morgan fingerprint density at radius 3 is 2.25 bits per heavy atom. The summed E-state index contributed by atoms with van der Waals surface area (Å²) in [6, 6.07) is -1.51. The Bertz CT molecular complexity index is 234. The fourth-order valence-corrected chi connectivity index (χ4v) is 1.16. The van der Waals surface area contributed by atoms with Crippen LogP contribution < -0.4 is 28.3 Å². The molecule has 9 N–H and O–H groups in total. The van der Waals surface area contributed by atoms with Gasteiger partial charge in [-0.3, -0.25) is 9.59 Å². The van der Waals surface area contributed by atoms with Crippen molar-refractivity contribution in [3.63, 3.8) is 0 Å². The summed E-state index contributed by atoms with van der Waals surface area (Å²) in [4.78, 5) is 22.4. The van der Waals surface area contributed by atoms with E-state index in [1.807, 2.05) is 0 Å². The number of primary amides is 1. The van der Waals surface area contributed by atoms with E-state index in [-0.39, 0.29) is 6.54 Å². The van der Waals surface area contributed by atoms with E-state index >= 15 is 0 Å². The van der Waals surface area contributed by atoms with Gasteiger partial charge in [-0.25, -0.2) is 0 Å². The lowest BCUT2D eigenvalue weighted by atomic mass is 10.1. The van der Waals surface area contributed by atoms with E-state index in [4.69, 9.17) is 22.9 Å². The molecular formula is C9H21N5O2. The molecule has 2 atom stereocenters. The number of carbonyl (C=O) groups is 2. The third kappa shape index (κ3) is 5.64. The number of nitrogens with one attached hydrogen (secondary N) is 1. The lowest BCUT2D eigenvalue weighted by Crippen LogP contribution is -2.52. The molecule has 0 radical (unpaired) electrons. The number of hydrogen-bond donors (Lipinski definition) is 5. The van der Waals surface area contributed by atoms with E-state index in [1.54, 1.807) is 0 Å². The van der Waals surface area contributed by atoms with Crippen molar-refractivity contribution in [3.8, 4) is 0 Å². The van der Waals surface area contributed by atoms with E-state index in [2.05, 4.69) is 5.32 Å². The van der Waals surface area contributed by atoms with Gasteiger partial charge in [0.25, 0.3) is 0 Å². The number of amides is 2. The zero-order chi connectivity index (χ0) is 12.6. The largest absolute Gasteiger partial charge is 0.368 e. The van der Waals surface area contributed by atoms with E-state index in [0.29, 0.717) is 13.0 Å². The molecule has 0 rings (SSSR count). The van der Waals surface area contributed by atoms with Gasteiger partial charge in [0.15, 0.2) is 0 Å². The second-order valence-electron chi connectivity index (χ2n) is 3.59. The lowest BCUT2D eigenvalue weighted by molar-refractivity contribution is -0.128. The topological polar surface area (TPSA) is 150 Å². The summed E-state index contributed by atoms with van der Waals surface area (Å²) in [5.41, 5.74) is 21.1. The Morgan fingerprint density at radius 2 is 1.81 bits per heavy atom. The molecule has 0 bridgehead atoms. The minimum atomic E-state index is -0.809. The van der Waals surface area contributed by atoms with Gasteiger partial charge in [0.1, 0.15) is 6.04 Å². The molecule has 0 aromatic carbocycles. The SMILES string of the molecule is NCCCC[C@H](NC(=O)[C@@H](N)CN)C(N)=O. The van der Waals surface area contributed by atoms with Crippen molar-refractivity contribution < 1.29 is 9.59 Å². The van der Waals surface area contributed by atoms with Gasteiger partial charge in [-0.15, -0.1) is 0 Å². The van der Waals surface area contributed by atoms with Gasteiger partial charge in [0.05, 0.1) is 6.04 Å². The zero-order valence-electron chi connectivity index (χ0n) is 9.32. The maximum absolute atomic E-state index is 11.4. The molecule has 16 heavy (non-hydrogen) atoms. The smallest absolute Gasteiger partial charge is 0.240 e. The van der Waals surface area contributed by atoms with Crippen molar-refractivity contribution in [2.24, 2.45) is 22.9 Å². The van der Waals surface area contributed by atoms with Crippen LogP contribution in [0.25, 0.3) is 0 Å². The number of rotatable bonds is 8. The third-order valence-corrected chi connectivity index (χ3v) is 2.20. The van der Waals surface area contributed by atoms with Crippen LogP contribution in [-0.4, -0.2) is 37.0 Å². The van der Waals surface area contributed by atoms with E-state index in [9.17, 15) is 9.59 Å². The molecule has 0 saturated carbocycles. The molecule has 7 heteroatoms. The number of unbranched alkanes of at least 4 members (excludes halogenated alkanes) is 1. The molecule has 0 aromatic rings. The highest BCUT2D eigenvalue weighted by Gasteiger charge is 2.20. The number of carbonyl (C=O) groups excluding carboxylic acids is 2.